The van der Waals surface area contributed by atoms with Crippen LogP contribution in [0.3, 0.4) is 0 Å². The predicted molar refractivity (Wildman–Crippen MR) is 103 cm³/mol. The normalized spacial score (nSPS) is 28.2. The van der Waals surface area contributed by atoms with Crippen molar-refractivity contribution < 1.29 is 14.1 Å². The molecular weight excluding hydrogens is 336 g/mol. The number of ether oxygens (including phenoxy) is 1. The third-order valence-corrected chi connectivity index (χ3v) is 7.11. The summed E-state index contributed by atoms with van der Waals surface area (Å²) in [5.74, 6) is 0.513. The molecule has 0 radical (unpaired) electrons. The van der Waals surface area contributed by atoms with Crippen LogP contribution in [-0.2, 0) is 16.1 Å². The van der Waals surface area contributed by atoms with Gasteiger partial charge in [0.1, 0.15) is 10.3 Å². The molecule has 0 bridgehead atoms. The van der Waals surface area contributed by atoms with Crippen molar-refractivity contribution >= 4 is 17.5 Å². The van der Waals surface area contributed by atoms with E-state index in [9.17, 15) is 9.35 Å². The summed E-state index contributed by atoms with van der Waals surface area (Å²) in [6.45, 7) is 15.4. The number of carbonyl (C=O) groups is 1. The van der Waals surface area contributed by atoms with Crippen molar-refractivity contribution in [2.75, 3.05) is 13.1 Å². The Bertz CT molecular complexity index is 476. The molecule has 1 amide bonds. The molecule has 0 aromatic rings. The molecule has 1 aliphatic carbocycles. The summed E-state index contributed by atoms with van der Waals surface area (Å²) in [7, 11) is 0. The summed E-state index contributed by atoms with van der Waals surface area (Å²) in [6, 6.07) is 0.258. The van der Waals surface area contributed by atoms with Gasteiger partial charge in [-0.05, 0) is 78.6 Å². The van der Waals surface area contributed by atoms with Crippen LogP contribution >= 0.6 is 0 Å². The fraction of sp³-hybridized carbons (Fsp3) is 0.947. The molecule has 0 aromatic heterocycles. The maximum absolute atomic E-state index is 12.6. The third-order valence-electron chi connectivity index (χ3n) is 5.53. The lowest BCUT2D eigenvalue weighted by molar-refractivity contribution is 0.00742. The van der Waals surface area contributed by atoms with Gasteiger partial charge in [-0.3, -0.25) is 0 Å². The fourth-order valence-electron chi connectivity index (χ4n) is 4.00. The van der Waals surface area contributed by atoms with E-state index in [4.69, 9.17) is 4.74 Å². The summed E-state index contributed by atoms with van der Waals surface area (Å²) in [5.41, 5.74) is -0.305. The van der Waals surface area contributed by atoms with Gasteiger partial charge >= 0.3 is 6.09 Å². The van der Waals surface area contributed by atoms with E-state index in [2.05, 4.69) is 11.6 Å². The molecule has 2 fully saturated rings. The third kappa shape index (κ3) is 5.04. The summed E-state index contributed by atoms with van der Waals surface area (Å²) < 4.78 is 21.3. The minimum Gasteiger partial charge on any atom is -0.598 e. The highest BCUT2D eigenvalue weighted by atomic mass is 32.2. The van der Waals surface area contributed by atoms with Gasteiger partial charge in [0, 0.05) is 24.5 Å². The van der Waals surface area contributed by atoms with E-state index in [1.807, 2.05) is 46.4 Å². The van der Waals surface area contributed by atoms with Gasteiger partial charge in [0.2, 0.25) is 0 Å². The maximum atomic E-state index is 12.6. The Morgan fingerprint density at radius 1 is 1.16 bits per heavy atom. The molecule has 2 aliphatic rings. The van der Waals surface area contributed by atoms with E-state index >= 15 is 0 Å². The van der Waals surface area contributed by atoms with Crippen molar-refractivity contribution in [3.8, 4) is 0 Å². The van der Waals surface area contributed by atoms with Crippen LogP contribution in [0.5, 0.6) is 0 Å². The molecule has 0 aromatic carbocycles. The van der Waals surface area contributed by atoms with Crippen LogP contribution in [0.25, 0.3) is 0 Å². The van der Waals surface area contributed by atoms with Gasteiger partial charge in [-0.1, -0.05) is 6.92 Å². The van der Waals surface area contributed by atoms with Gasteiger partial charge in [0.15, 0.2) is 0 Å². The van der Waals surface area contributed by atoms with Crippen LogP contribution in [0, 0.1) is 11.3 Å². The Hall–Kier alpha value is -0.460. The molecule has 1 heterocycles. The van der Waals surface area contributed by atoms with Crippen molar-refractivity contribution in [2.24, 2.45) is 11.3 Å². The first-order chi connectivity index (χ1) is 11.3. The molecule has 5 nitrogen and oxygen atoms in total. The first kappa shape index (κ1) is 20.8. The van der Waals surface area contributed by atoms with Crippen LogP contribution in [0.15, 0.2) is 0 Å². The summed E-state index contributed by atoms with van der Waals surface area (Å²) in [5, 5.41) is 0. The van der Waals surface area contributed by atoms with E-state index in [0.29, 0.717) is 5.92 Å². The highest BCUT2D eigenvalue weighted by Crippen LogP contribution is 2.49. The topological polar surface area (TPSA) is 64.6 Å². The Kier molecular flexibility index (Phi) is 6.07. The average molecular weight is 373 g/mol. The molecule has 6 heteroatoms. The molecular formula is C19H36N2O3S. The van der Waals surface area contributed by atoms with E-state index < -0.39 is 17.0 Å². The smallest absolute Gasteiger partial charge is 0.410 e. The lowest BCUT2D eigenvalue weighted by Gasteiger charge is -2.44. The van der Waals surface area contributed by atoms with E-state index in [0.717, 1.165) is 38.8 Å². The van der Waals surface area contributed by atoms with Crippen LogP contribution in [0.2, 0.25) is 0 Å². The van der Waals surface area contributed by atoms with Gasteiger partial charge < -0.3 is 14.2 Å². The van der Waals surface area contributed by atoms with Crippen LogP contribution in [0.1, 0.15) is 74.1 Å². The summed E-state index contributed by atoms with van der Waals surface area (Å²) in [4.78, 5) is 14.1. The first-order valence-electron chi connectivity index (χ1n) is 9.50. The highest BCUT2D eigenvalue weighted by molar-refractivity contribution is 7.90. The number of piperidine rings is 1. The number of carbonyl (C=O) groups excluding carboxylic acids is 1. The second-order valence-corrected chi connectivity index (χ2v) is 11.8. The summed E-state index contributed by atoms with van der Waals surface area (Å²) in [6.07, 6.45) is 4.00. The van der Waals surface area contributed by atoms with Gasteiger partial charge in [-0.2, -0.15) is 0 Å². The van der Waals surface area contributed by atoms with E-state index in [1.54, 1.807) is 0 Å². The predicted octanol–water partition coefficient (Wildman–Crippen LogP) is 3.85. The van der Waals surface area contributed by atoms with Crippen molar-refractivity contribution in [1.82, 2.24) is 9.62 Å². The van der Waals surface area contributed by atoms with Crippen LogP contribution in [-0.4, -0.2) is 45.0 Å². The van der Waals surface area contributed by atoms with Gasteiger partial charge in [-0.15, -0.1) is 4.72 Å². The Morgan fingerprint density at radius 2 is 1.72 bits per heavy atom. The van der Waals surface area contributed by atoms with Crippen LogP contribution in [0.4, 0.5) is 4.79 Å². The molecule has 1 spiro atoms. The lowest BCUT2D eigenvalue weighted by Crippen LogP contribution is -2.55. The molecule has 1 saturated heterocycles. The van der Waals surface area contributed by atoms with Crippen LogP contribution < -0.4 is 4.72 Å². The number of rotatable bonds is 2. The maximum Gasteiger partial charge on any atom is 0.410 e. The van der Waals surface area contributed by atoms with E-state index in [-0.39, 0.29) is 22.3 Å². The Balaban J connectivity index is 2.01. The molecule has 146 valence electrons. The number of hydrogen-bond donors (Lipinski definition) is 1. The molecule has 3 atom stereocenters. The van der Waals surface area contributed by atoms with Crippen molar-refractivity contribution in [2.45, 2.75) is 90.5 Å². The quantitative estimate of drug-likeness (QED) is 0.748. The standard InChI is InChI=1S/C19H36N2O3S/c1-14-8-9-19(15(14)20-25(23)18(5,6)7)10-12-21(13-11-19)16(22)24-17(2,3)4/h14-15,20H,8-13H2,1-7H3/t14?,15-,25?/m1/s1. The highest BCUT2D eigenvalue weighted by Gasteiger charge is 2.51. The zero-order valence-electron chi connectivity index (χ0n) is 17.0. The number of likely N-dealkylation sites (tertiary alicyclic amines) is 1. The SMILES string of the molecule is CC1CCC2(CCN(C(=O)OC(C)(C)C)CC2)[C@@H]1N[S+]([O-])C(C)(C)C. The Labute approximate surface area is 156 Å². The molecule has 25 heavy (non-hydrogen) atoms. The van der Waals surface area contributed by atoms with Gasteiger partial charge in [0.05, 0.1) is 6.04 Å². The molecule has 2 unspecified atom stereocenters. The lowest BCUT2D eigenvalue weighted by atomic mass is 9.73. The minimum absolute atomic E-state index is 0.152. The molecule has 2 rings (SSSR count). The Morgan fingerprint density at radius 3 is 2.20 bits per heavy atom. The first-order valence-corrected chi connectivity index (χ1v) is 10.7. The average Bonchev–Trinajstić information content (AvgIpc) is 2.75. The van der Waals surface area contributed by atoms with Crippen molar-refractivity contribution in [3.63, 3.8) is 0 Å². The number of hydrogen-bond acceptors (Lipinski definition) is 4. The largest absolute Gasteiger partial charge is 0.598 e. The number of nitrogens with one attached hydrogen (secondary N) is 1. The fourth-order valence-corrected chi connectivity index (χ4v) is 5.06. The van der Waals surface area contributed by atoms with Crippen molar-refractivity contribution in [1.29, 1.82) is 0 Å². The van der Waals surface area contributed by atoms with Crippen molar-refractivity contribution in [3.05, 3.63) is 0 Å². The second-order valence-electron chi connectivity index (χ2n) is 9.82. The minimum atomic E-state index is -1.06. The molecule has 1 aliphatic heterocycles. The zero-order chi connectivity index (χ0) is 19.0. The zero-order valence-corrected chi connectivity index (χ0v) is 17.8. The summed E-state index contributed by atoms with van der Waals surface area (Å²) >= 11 is -1.06. The molecule has 1 saturated carbocycles. The second kappa shape index (κ2) is 7.28. The number of amides is 1. The van der Waals surface area contributed by atoms with E-state index in [1.165, 1.54) is 0 Å². The monoisotopic (exact) mass is 372 g/mol. The van der Waals surface area contributed by atoms with Gasteiger partial charge in [0.25, 0.3) is 0 Å². The van der Waals surface area contributed by atoms with Gasteiger partial charge in [-0.25, -0.2) is 4.79 Å². The number of nitrogens with zero attached hydrogens (tertiary/aromatic N) is 1. The molecule has 1 N–H and O–H groups in total.